The summed E-state index contributed by atoms with van der Waals surface area (Å²) in [5.41, 5.74) is 0. The molecule has 43 valence electrons. The summed E-state index contributed by atoms with van der Waals surface area (Å²) in [6, 6.07) is 0. The van der Waals surface area contributed by atoms with E-state index < -0.39 is 13.6 Å². The molecule has 0 radical (unpaired) electrons. The Bertz CT molecular complexity index is 88.2. The van der Waals surface area contributed by atoms with Crippen LogP contribution in [0.2, 0.25) is 13.1 Å². The van der Waals surface area contributed by atoms with E-state index in [1.165, 1.54) is 0 Å². The van der Waals surface area contributed by atoms with E-state index >= 15 is 0 Å². The van der Waals surface area contributed by atoms with Crippen molar-refractivity contribution in [3.05, 3.63) is 0 Å². The first-order valence-electron chi connectivity index (χ1n) is 1.84. The van der Waals surface area contributed by atoms with Gasteiger partial charge in [-0.25, -0.2) is 0 Å². The topological polar surface area (TPSA) is 20.2 Å². The standard InChI is InChI=1S/C2H7ClOSi2.Fe/c1-6(2,3)5-4;/h4H,1-2H3;/q;+1. The first-order valence-corrected chi connectivity index (χ1v) is 9.81. The van der Waals surface area contributed by atoms with Crippen molar-refractivity contribution < 1.29 is 19.7 Å². The van der Waals surface area contributed by atoms with Crippen molar-refractivity contribution in [3.63, 3.8) is 0 Å². The van der Waals surface area contributed by atoms with Crippen molar-refractivity contribution in [2.24, 2.45) is 0 Å². The Morgan fingerprint density at radius 1 is 1.71 bits per heavy atom. The fourth-order valence-corrected chi connectivity index (χ4v) is 0. The molecule has 0 spiro atoms. The van der Waals surface area contributed by atoms with Crippen LogP contribution in [0.4, 0.5) is 0 Å². The van der Waals surface area contributed by atoms with Crippen LogP contribution in [-0.4, -0.2) is 18.4 Å². The van der Waals surface area contributed by atoms with Crippen molar-refractivity contribution in [1.29, 1.82) is 0 Å². The Kier molecular flexibility index (Phi) is 3.12. The van der Waals surface area contributed by atoms with Crippen molar-refractivity contribution >= 4 is 24.7 Å². The molecular weight excluding hydrogens is 187 g/mol. The van der Waals surface area contributed by atoms with Crippen LogP contribution in [0.1, 0.15) is 0 Å². The summed E-state index contributed by atoms with van der Waals surface area (Å²) in [7, 11) is 0. The van der Waals surface area contributed by atoms with Gasteiger partial charge < -0.3 is 0 Å². The van der Waals surface area contributed by atoms with E-state index in [-0.39, 0.29) is 0 Å². The molecule has 0 saturated carbocycles. The third-order valence-electron chi connectivity index (χ3n) is 0.476. The molecule has 0 heterocycles. The fourth-order valence-electron chi connectivity index (χ4n) is 0. The Morgan fingerprint density at radius 3 is 1.86 bits per heavy atom. The molecule has 0 atom stereocenters. The van der Waals surface area contributed by atoms with Crippen LogP contribution in [-0.2, 0) is 14.9 Å². The molecule has 0 bridgehead atoms. The van der Waals surface area contributed by atoms with Gasteiger partial charge in [0.05, 0.1) is 0 Å². The van der Waals surface area contributed by atoms with Gasteiger partial charge in [0.1, 0.15) is 0 Å². The average Bonchev–Trinajstić information content (AvgIpc) is 1.31. The summed E-state index contributed by atoms with van der Waals surface area (Å²) in [5, 5.41) is 0. The molecule has 1 N–H and O–H groups in total. The molecule has 0 aromatic carbocycles. The van der Waals surface area contributed by atoms with Gasteiger partial charge in [-0.05, 0) is 0 Å². The summed E-state index contributed by atoms with van der Waals surface area (Å²) in [5.74, 6) is 0. The van der Waals surface area contributed by atoms with Gasteiger partial charge in [-0.15, -0.1) is 0 Å². The molecule has 0 aromatic heterocycles. The predicted molar refractivity (Wildman–Crippen MR) is 31.3 cm³/mol. The van der Waals surface area contributed by atoms with Crippen LogP contribution in [0.3, 0.4) is 0 Å². The van der Waals surface area contributed by atoms with Crippen molar-refractivity contribution in [1.82, 2.24) is 0 Å². The van der Waals surface area contributed by atoms with Gasteiger partial charge in [-0.3, -0.25) is 0 Å². The SMILES string of the molecule is C[Si](C)(Cl)[Si](O)=[Fe+]. The molecule has 0 unspecified atom stereocenters. The zero-order valence-electron chi connectivity index (χ0n) is 4.18. The number of halogens is 1. The second-order valence-corrected chi connectivity index (χ2v) is 17.2. The van der Waals surface area contributed by atoms with Crippen molar-refractivity contribution in [3.8, 4) is 0 Å². The second kappa shape index (κ2) is 2.66. The van der Waals surface area contributed by atoms with Gasteiger partial charge in [0.15, 0.2) is 0 Å². The molecule has 0 aliphatic carbocycles. The predicted octanol–water partition coefficient (Wildman–Crippen LogP) is 0.536. The third kappa shape index (κ3) is 3.76. The Labute approximate surface area is 57.6 Å². The molecule has 0 aliphatic heterocycles. The Morgan fingerprint density at radius 2 is 1.86 bits per heavy atom. The summed E-state index contributed by atoms with van der Waals surface area (Å²) in [6.45, 7) is 0.685. The van der Waals surface area contributed by atoms with E-state index in [4.69, 9.17) is 15.9 Å². The van der Waals surface area contributed by atoms with Crippen LogP contribution in [0.25, 0.3) is 0 Å². The molecule has 0 rings (SSSR count). The van der Waals surface area contributed by atoms with E-state index in [1.807, 2.05) is 13.1 Å². The number of rotatable bonds is 1. The molecule has 0 aliphatic rings. The summed E-state index contributed by atoms with van der Waals surface area (Å²) in [4.78, 5) is 8.81. The van der Waals surface area contributed by atoms with Gasteiger partial charge in [0.2, 0.25) is 0 Å². The molecular formula is C2H7ClFeOSi2+. The van der Waals surface area contributed by atoms with Gasteiger partial charge in [0.25, 0.3) is 0 Å². The first kappa shape index (κ1) is 8.20. The van der Waals surface area contributed by atoms with Crippen molar-refractivity contribution in [2.45, 2.75) is 13.1 Å². The quantitative estimate of drug-likeness (QED) is 0.477. The van der Waals surface area contributed by atoms with Gasteiger partial charge >= 0.3 is 57.5 Å². The summed E-state index contributed by atoms with van der Waals surface area (Å²) in [6.07, 6.45) is 0. The number of hydrogen-bond donors (Lipinski definition) is 1. The molecule has 7 heavy (non-hydrogen) atoms. The van der Waals surface area contributed by atoms with Gasteiger partial charge in [0, 0.05) is 0 Å². The molecule has 1 nitrogen and oxygen atoms in total. The van der Waals surface area contributed by atoms with E-state index in [9.17, 15) is 0 Å². The zero-order chi connectivity index (χ0) is 6.08. The Hall–Kier alpha value is 1.20. The monoisotopic (exact) mass is 194 g/mol. The van der Waals surface area contributed by atoms with Gasteiger partial charge in [-0.2, -0.15) is 0 Å². The second-order valence-electron chi connectivity index (χ2n) is 1.75. The summed E-state index contributed by atoms with van der Waals surface area (Å²) >= 11 is 9.24. The van der Waals surface area contributed by atoms with E-state index in [2.05, 4.69) is 14.9 Å². The fraction of sp³-hybridized carbons (Fsp3) is 1.00. The molecule has 0 fully saturated rings. The maximum atomic E-state index is 8.81. The van der Waals surface area contributed by atoms with Crippen LogP contribution >= 0.6 is 11.1 Å². The molecule has 0 aromatic rings. The van der Waals surface area contributed by atoms with Crippen LogP contribution in [0.5, 0.6) is 0 Å². The summed E-state index contributed by atoms with van der Waals surface area (Å²) < 4.78 is 0. The van der Waals surface area contributed by atoms with E-state index in [1.54, 1.807) is 0 Å². The van der Waals surface area contributed by atoms with Crippen LogP contribution < -0.4 is 0 Å². The Balaban J connectivity index is 3.79. The zero-order valence-corrected chi connectivity index (χ0v) is 8.04. The van der Waals surface area contributed by atoms with E-state index in [0.717, 1.165) is 0 Å². The average molecular weight is 195 g/mol. The van der Waals surface area contributed by atoms with Crippen molar-refractivity contribution in [2.75, 3.05) is 0 Å². The maximum absolute atomic E-state index is 8.81. The molecule has 0 amide bonds. The molecule has 5 heteroatoms. The molecule has 0 saturated heterocycles. The van der Waals surface area contributed by atoms with Crippen LogP contribution in [0.15, 0.2) is 0 Å². The van der Waals surface area contributed by atoms with Crippen LogP contribution in [0, 0.1) is 0 Å². The first-order chi connectivity index (χ1) is 2.94. The minimum absolute atomic E-state index is 1.40. The number of hydrogen-bond acceptors (Lipinski definition) is 1. The minimum atomic E-state index is -1.72. The van der Waals surface area contributed by atoms with E-state index in [0.29, 0.717) is 0 Å². The third-order valence-corrected chi connectivity index (χ3v) is 13.4. The normalized spacial score (nSPS) is 11.4. The van der Waals surface area contributed by atoms with Gasteiger partial charge in [-0.1, -0.05) is 0 Å².